The van der Waals surface area contributed by atoms with Crippen molar-refractivity contribution in [2.75, 3.05) is 13.1 Å². The molecule has 0 aromatic heterocycles. The molecule has 7 nitrogen and oxygen atoms in total. The van der Waals surface area contributed by atoms with Gasteiger partial charge in [0.15, 0.2) is 0 Å². The maximum absolute atomic E-state index is 13.1. The molecule has 1 spiro atoms. The van der Waals surface area contributed by atoms with Crippen LogP contribution in [0, 0.1) is 17.2 Å². The molecule has 31 heavy (non-hydrogen) atoms. The minimum absolute atomic E-state index is 0.337. The minimum Gasteiger partial charge on any atom is -0.328 e. The van der Waals surface area contributed by atoms with Crippen LogP contribution in [0.2, 0.25) is 0 Å². The van der Waals surface area contributed by atoms with Crippen LogP contribution in [0.3, 0.4) is 0 Å². The van der Waals surface area contributed by atoms with Crippen LogP contribution in [0.1, 0.15) is 43.7 Å². The second-order valence-electron chi connectivity index (χ2n) is 8.26. The van der Waals surface area contributed by atoms with Crippen molar-refractivity contribution in [3.8, 4) is 6.07 Å². The number of amides is 4. The fourth-order valence-electron chi connectivity index (χ4n) is 4.00. The van der Waals surface area contributed by atoms with E-state index in [-0.39, 0.29) is 6.54 Å². The SMILES string of the molecule is CC1CCC2(CC1)NC(=O)N(CC(=O)N(Cc1ccc(C#N)cc1)CC(F)(F)F)C2=O. The van der Waals surface area contributed by atoms with Gasteiger partial charge in [0.1, 0.15) is 18.6 Å². The van der Waals surface area contributed by atoms with Gasteiger partial charge in [-0.25, -0.2) is 4.79 Å². The summed E-state index contributed by atoms with van der Waals surface area (Å²) < 4.78 is 39.2. The van der Waals surface area contributed by atoms with Crippen LogP contribution < -0.4 is 5.32 Å². The van der Waals surface area contributed by atoms with Crippen LogP contribution in [-0.4, -0.2) is 52.5 Å². The number of halogens is 3. The maximum atomic E-state index is 13.1. The first kappa shape index (κ1) is 22.6. The number of hydrogen-bond acceptors (Lipinski definition) is 4. The number of urea groups is 1. The smallest absolute Gasteiger partial charge is 0.328 e. The van der Waals surface area contributed by atoms with Gasteiger partial charge in [0.05, 0.1) is 11.6 Å². The topological polar surface area (TPSA) is 93.5 Å². The lowest BCUT2D eigenvalue weighted by Crippen LogP contribution is -2.50. The van der Waals surface area contributed by atoms with E-state index in [2.05, 4.69) is 5.32 Å². The highest BCUT2D eigenvalue weighted by Crippen LogP contribution is 2.36. The lowest BCUT2D eigenvalue weighted by atomic mass is 9.77. The molecule has 1 aliphatic carbocycles. The number of nitrogens with one attached hydrogen (secondary N) is 1. The highest BCUT2D eigenvalue weighted by atomic mass is 19.4. The zero-order valence-corrected chi connectivity index (χ0v) is 17.0. The number of carbonyl (C=O) groups excluding carboxylic acids is 3. The van der Waals surface area contributed by atoms with Gasteiger partial charge < -0.3 is 10.2 Å². The summed E-state index contributed by atoms with van der Waals surface area (Å²) >= 11 is 0. The van der Waals surface area contributed by atoms with Crippen LogP contribution in [0.5, 0.6) is 0 Å². The summed E-state index contributed by atoms with van der Waals surface area (Å²) in [5, 5.41) is 11.5. The van der Waals surface area contributed by atoms with Gasteiger partial charge in [0.2, 0.25) is 5.91 Å². The van der Waals surface area contributed by atoms with Gasteiger partial charge in [-0.1, -0.05) is 19.1 Å². The Hall–Kier alpha value is -3.09. The van der Waals surface area contributed by atoms with Gasteiger partial charge in [-0.15, -0.1) is 0 Å². The van der Waals surface area contributed by atoms with Crippen LogP contribution in [-0.2, 0) is 16.1 Å². The number of carbonyl (C=O) groups is 3. The van der Waals surface area contributed by atoms with Crippen molar-refractivity contribution in [3.63, 3.8) is 0 Å². The number of nitrogens with zero attached hydrogens (tertiary/aromatic N) is 3. The standard InChI is InChI=1S/C21H23F3N4O3/c1-14-6-8-20(9-7-14)18(30)28(19(31)26-20)12-17(29)27(13-21(22,23)24)11-16-4-2-15(10-25)3-5-16/h2-5,14H,6-9,11-13H2,1H3,(H,26,31). The van der Waals surface area contributed by atoms with Gasteiger partial charge in [0, 0.05) is 6.54 Å². The van der Waals surface area contributed by atoms with Crippen molar-refractivity contribution >= 4 is 17.8 Å². The van der Waals surface area contributed by atoms with Crippen molar-refractivity contribution in [1.82, 2.24) is 15.1 Å². The van der Waals surface area contributed by atoms with Crippen LogP contribution >= 0.6 is 0 Å². The second-order valence-corrected chi connectivity index (χ2v) is 8.26. The molecule has 0 atom stereocenters. The average molecular weight is 436 g/mol. The quantitative estimate of drug-likeness (QED) is 0.719. The average Bonchev–Trinajstić information content (AvgIpc) is 2.93. The lowest BCUT2D eigenvalue weighted by molar-refractivity contribution is -0.163. The Morgan fingerprint density at radius 2 is 1.87 bits per heavy atom. The highest BCUT2D eigenvalue weighted by molar-refractivity contribution is 6.09. The molecule has 1 aromatic rings. The van der Waals surface area contributed by atoms with E-state index in [1.54, 1.807) is 0 Å². The number of rotatable bonds is 5. The van der Waals surface area contributed by atoms with E-state index in [0.29, 0.717) is 34.8 Å². The van der Waals surface area contributed by atoms with E-state index < -0.39 is 42.7 Å². The predicted molar refractivity (Wildman–Crippen MR) is 103 cm³/mol. The number of alkyl halides is 3. The van der Waals surface area contributed by atoms with Gasteiger partial charge in [-0.2, -0.15) is 18.4 Å². The third-order valence-corrected chi connectivity index (χ3v) is 5.85. The number of benzene rings is 1. The molecule has 10 heteroatoms. The maximum Gasteiger partial charge on any atom is 0.406 e. The normalized spacial score (nSPS) is 23.6. The lowest BCUT2D eigenvalue weighted by Gasteiger charge is -2.33. The first-order valence-electron chi connectivity index (χ1n) is 10.0. The Morgan fingerprint density at radius 1 is 1.26 bits per heavy atom. The molecule has 0 unspecified atom stereocenters. The summed E-state index contributed by atoms with van der Waals surface area (Å²) in [6.45, 7) is -0.587. The Morgan fingerprint density at radius 3 is 2.42 bits per heavy atom. The Bertz CT molecular complexity index is 900. The summed E-state index contributed by atoms with van der Waals surface area (Å²) in [6.07, 6.45) is -2.28. The van der Waals surface area contributed by atoms with Crippen molar-refractivity contribution in [2.45, 2.75) is 50.9 Å². The Kier molecular flexibility index (Phi) is 6.25. The van der Waals surface area contributed by atoms with E-state index in [1.807, 2.05) is 13.0 Å². The molecular weight excluding hydrogens is 413 g/mol. The molecule has 1 aliphatic heterocycles. The largest absolute Gasteiger partial charge is 0.406 e. The van der Waals surface area contributed by atoms with Crippen LogP contribution in [0.4, 0.5) is 18.0 Å². The molecule has 166 valence electrons. The third-order valence-electron chi connectivity index (χ3n) is 5.85. The fourth-order valence-corrected chi connectivity index (χ4v) is 4.00. The molecule has 3 rings (SSSR count). The predicted octanol–water partition coefficient (Wildman–Crippen LogP) is 2.95. The molecule has 0 bridgehead atoms. The summed E-state index contributed by atoms with van der Waals surface area (Å²) in [5.74, 6) is -1.12. The third kappa shape index (κ3) is 5.16. The monoisotopic (exact) mass is 436 g/mol. The van der Waals surface area contributed by atoms with Crippen molar-refractivity contribution in [1.29, 1.82) is 5.26 Å². The molecule has 1 aromatic carbocycles. The summed E-state index contributed by atoms with van der Waals surface area (Å²) in [7, 11) is 0. The zero-order chi connectivity index (χ0) is 22.8. The second kappa shape index (κ2) is 8.57. The number of imide groups is 1. The minimum atomic E-state index is -4.65. The van der Waals surface area contributed by atoms with E-state index in [1.165, 1.54) is 24.3 Å². The first-order valence-corrected chi connectivity index (χ1v) is 10.0. The van der Waals surface area contributed by atoms with E-state index in [9.17, 15) is 27.6 Å². The van der Waals surface area contributed by atoms with Crippen LogP contribution in [0.15, 0.2) is 24.3 Å². The van der Waals surface area contributed by atoms with Crippen LogP contribution in [0.25, 0.3) is 0 Å². The van der Waals surface area contributed by atoms with E-state index in [4.69, 9.17) is 5.26 Å². The fraction of sp³-hybridized carbons (Fsp3) is 0.524. The van der Waals surface area contributed by atoms with E-state index in [0.717, 1.165) is 17.7 Å². The summed E-state index contributed by atoms with van der Waals surface area (Å²) in [6, 6.07) is 6.96. The Balaban J connectivity index is 1.74. The Labute approximate surface area is 177 Å². The van der Waals surface area contributed by atoms with Gasteiger partial charge in [0.25, 0.3) is 5.91 Å². The molecule has 0 radical (unpaired) electrons. The molecule has 1 heterocycles. The molecule has 1 saturated carbocycles. The highest BCUT2D eigenvalue weighted by Gasteiger charge is 2.52. The molecule has 2 aliphatic rings. The number of nitriles is 1. The van der Waals surface area contributed by atoms with Crippen molar-refractivity contribution in [3.05, 3.63) is 35.4 Å². The summed E-state index contributed by atoms with van der Waals surface area (Å²) in [4.78, 5) is 39.3. The number of hydrogen-bond donors (Lipinski definition) is 1. The van der Waals surface area contributed by atoms with Crippen molar-refractivity contribution < 1.29 is 27.6 Å². The summed E-state index contributed by atoms with van der Waals surface area (Å²) in [5.41, 5.74) is -0.332. The van der Waals surface area contributed by atoms with Crippen molar-refractivity contribution in [2.24, 2.45) is 5.92 Å². The molecule has 2 fully saturated rings. The first-order chi connectivity index (χ1) is 14.5. The zero-order valence-electron chi connectivity index (χ0n) is 17.0. The van der Waals surface area contributed by atoms with Gasteiger partial charge in [-0.05, 0) is 49.3 Å². The van der Waals surface area contributed by atoms with Gasteiger partial charge in [-0.3, -0.25) is 14.5 Å². The molecule has 1 saturated heterocycles. The van der Waals surface area contributed by atoms with Gasteiger partial charge >= 0.3 is 12.2 Å². The molecule has 1 N–H and O–H groups in total. The molecular formula is C21H23F3N4O3. The molecule has 4 amide bonds. The van der Waals surface area contributed by atoms with E-state index >= 15 is 0 Å².